The smallest absolute Gasteiger partial charge is 0.0647 e. The first-order chi connectivity index (χ1) is 6.69. The van der Waals surface area contributed by atoms with Gasteiger partial charge in [0.25, 0.3) is 0 Å². The highest BCUT2D eigenvalue weighted by Gasteiger charge is 2.01. The number of rotatable bonds is 3. The third-order valence-corrected chi connectivity index (χ3v) is 2.95. The van der Waals surface area contributed by atoms with Gasteiger partial charge in [-0.2, -0.15) is 0 Å². The van der Waals surface area contributed by atoms with Crippen molar-refractivity contribution < 1.29 is 5.11 Å². The molecule has 1 rings (SSSR count). The molecule has 0 amide bonds. The highest BCUT2D eigenvalue weighted by Crippen LogP contribution is 2.21. The molecule has 0 atom stereocenters. The second kappa shape index (κ2) is 5.32. The minimum atomic E-state index is 0.151. The van der Waals surface area contributed by atoms with Gasteiger partial charge < -0.3 is 5.11 Å². The summed E-state index contributed by atoms with van der Waals surface area (Å²) in [5.41, 5.74) is 3.47. The summed E-state index contributed by atoms with van der Waals surface area (Å²) in [6, 6.07) is 8.16. The Balaban J connectivity index is 3.04. The van der Waals surface area contributed by atoms with E-state index in [1.54, 1.807) is 0 Å². The lowest BCUT2D eigenvalue weighted by Gasteiger charge is -2.08. The molecule has 0 aliphatic carbocycles. The predicted molar refractivity (Wildman–Crippen MR) is 64.1 cm³/mol. The van der Waals surface area contributed by atoms with Gasteiger partial charge in [-0.3, -0.25) is 0 Å². The molecule has 0 aromatic heterocycles. The summed E-state index contributed by atoms with van der Waals surface area (Å²) in [5.74, 6) is 0. The zero-order valence-corrected chi connectivity index (χ0v) is 10.1. The number of hydrogen-bond donors (Lipinski definition) is 1. The Bertz CT molecular complexity index is 319. The van der Waals surface area contributed by atoms with Crippen LogP contribution in [0.5, 0.6) is 0 Å². The Morgan fingerprint density at radius 1 is 1.29 bits per heavy atom. The van der Waals surface area contributed by atoms with Crippen LogP contribution >= 0.6 is 15.9 Å². The van der Waals surface area contributed by atoms with Gasteiger partial charge in [-0.25, -0.2) is 0 Å². The van der Waals surface area contributed by atoms with E-state index < -0.39 is 0 Å². The molecular formula is C12H15BrO. The van der Waals surface area contributed by atoms with Crippen molar-refractivity contribution in [3.63, 3.8) is 0 Å². The van der Waals surface area contributed by atoms with Crippen LogP contribution in [0.1, 0.15) is 25.8 Å². The summed E-state index contributed by atoms with van der Waals surface area (Å²) in [6.07, 6.45) is 0.901. The molecule has 0 aliphatic rings. The van der Waals surface area contributed by atoms with Crippen LogP contribution in [-0.4, -0.2) is 11.7 Å². The van der Waals surface area contributed by atoms with Gasteiger partial charge in [-0.05, 0) is 42.2 Å². The van der Waals surface area contributed by atoms with Crippen LogP contribution in [0, 0.1) is 0 Å². The molecular weight excluding hydrogens is 240 g/mol. The van der Waals surface area contributed by atoms with Gasteiger partial charge in [-0.15, -0.1) is 0 Å². The van der Waals surface area contributed by atoms with E-state index in [-0.39, 0.29) is 6.61 Å². The minimum absolute atomic E-state index is 0.151. The van der Waals surface area contributed by atoms with Gasteiger partial charge in [0.15, 0.2) is 0 Å². The van der Waals surface area contributed by atoms with E-state index in [1.807, 2.05) is 12.1 Å². The number of halogens is 1. The maximum Gasteiger partial charge on any atom is 0.0647 e. The number of aliphatic hydroxyl groups excluding tert-OH is 1. The van der Waals surface area contributed by atoms with Gasteiger partial charge in [0.2, 0.25) is 0 Å². The molecule has 1 aromatic rings. The predicted octanol–water partition coefficient (Wildman–Crippen LogP) is 3.62. The molecule has 1 nitrogen and oxygen atoms in total. The number of allylic oxidation sites excluding steroid dienone is 1. The van der Waals surface area contributed by atoms with E-state index >= 15 is 0 Å². The summed E-state index contributed by atoms with van der Waals surface area (Å²) in [5, 5.41) is 9.15. The van der Waals surface area contributed by atoms with E-state index in [4.69, 9.17) is 5.11 Å². The van der Waals surface area contributed by atoms with Gasteiger partial charge in [0.05, 0.1) is 6.61 Å². The fourth-order valence-corrected chi connectivity index (χ4v) is 1.66. The fourth-order valence-electron chi connectivity index (χ4n) is 1.40. The van der Waals surface area contributed by atoms with E-state index in [9.17, 15) is 0 Å². The van der Waals surface area contributed by atoms with Crippen LogP contribution in [0.4, 0.5) is 0 Å². The van der Waals surface area contributed by atoms with Crippen molar-refractivity contribution >= 4 is 21.5 Å². The summed E-state index contributed by atoms with van der Waals surface area (Å²) >= 11 is 3.40. The minimum Gasteiger partial charge on any atom is -0.392 e. The van der Waals surface area contributed by atoms with Crippen LogP contribution in [0.15, 0.2) is 34.3 Å². The molecule has 14 heavy (non-hydrogen) atoms. The van der Waals surface area contributed by atoms with E-state index in [0.717, 1.165) is 16.5 Å². The number of aliphatic hydroxyl groups is 1. The Kier molecular flexibility index (Phi) is 4.36. The largest absolute Gasteiger partial charge is 0.392 e. The van der Waals surface area contributed by atoms with Crippen LogP contribution in [0.3, 0.4) is 0 Å². The molecule has 0 unspecified atom stereocenters. The van der Waals surface area contributed by atoms with Crippen molar-refractivity contribution in [1.82, 2.24) is 0 Å². The standard InChI is InChI=1S/C12H15BrO/c1-3-10(8-14)9(2)11-4-6-12(13)7-5-11/h4-7,14H,3,8H2,1-2H3/b10-9+. The average molecular weight is 255 g/mol. The first kappa shape index (κ1) is 11.5. The maximum atomic E-state index is 9.15. The Morgan fingerprint density at radius 2 is 1.86 bits per heavy atom. The number of benzene rings is 1. The molecule has 2 heteroatoms. The second-order valence-electron chi connectivity index (χ2n) is 3.25. The third-order valence-electron chi connectivity index (χ3n) is 2.43. The molecule has 0 heterocycles. The topological polar surface area (TPSA) is 20.2 Å². The summed E-state index contributed by atoms with van der Waals surface area (Å²) in [4.78, 5) is 0. The normalized spacial score (nSPS) is 12.6. The van der Waals surface area contributed by atoms with E-state index in [2.05, 4.69) is 41.9 Å². The van der Waals surface area contributed by atoms with Crippen molar-refractivity contribution in [2.45, 2.75) is 20.3 Å². The first-order valence-electron chi connectivity index (χ1n) is 4.74. The molecule has 76 valence electrons. The quantitative estimate of drug-likeness (QED) is 0.874. The first-order valence-corrected chi connectivity index (χ1v) is 5.53. The zero-order chi connectivity index (χ0) is 10.6. The molecule has 0 fully saturated rings. The lowest BCUT2D eigenvalue weighted by molar-refractivity contribution is 0.328. The Labute approximate surface area is 93.6 Å². The lowest BCUT2D eigenvalue weighted by Crippen LogP contribution is -1.93. The average Bonchev–Trinajstić information content (AvgIpc) is 2.20. The van der Waals surface area contributed by atoms with Crippen LogP contribution in [0.2, 0.25) is 0 Å². The van der Waals surface area contributed by atoms with Gasteiger partial charge in [0.1, 0.15) is 0 Å². The molecule has 0 spiro atoms. The third kappa shape index (κ3) is 2.69. The molecule has 0 bridgehead atoms. The Morgan fingerprint density at radius 3 is 2.29 bits per heavy atom. The highest BCUT2D eigenvalue weighted by atomic mass is 79.9. The zero-order valence-electron chi connectivity index (χ0n) is 8.55. The van der Waals surface area contributed by atoms with Crippen molar-refractivity contribution in [3.05, 3.63) is 39.9 Å². The van der Waals surface area contributed by atoms with Crippen molar-refractivity contribution in [2.75, 3.05) is 6.61 Å². The fraction of sp³-hybridized carbons (Fsp3) is 0.333. The highest BCUT2D eigenvalue weighted by molar-refractivity contribution is 9.10. The van der Waals surface area contributed by atoms with Gasteiger partial charge in [-0.1, -0.05) is 35.0 Å². The molecule has 1 N–H and O–H groups in total. The molecule has 0 aliphatic heterocycles. The summed E-state index contributed by atoms with van der Waals surface area (Å²) in [7, 11) is 0. The summed E-state index contributed by atoms with van der Waals surface area (Å²) < 4.78 is 1.08. The lowest BCUT2D eigenvalue weighted by atomic mass is 10.0. The monoisotopic (exact) mass is 254 g/mol. The van der Waals surface area contributed by atoms with Crippen LogP contribution in [0.25, 0.3) is 5.57 Å². The SMILES string of the molecule is CC/C(CO)=C(/C)c1ccc(Br)cc1. The molecule has 0 saturated heterocycles. The van der Waals surface area contributed by atoms with Crippen LogP contribution in [-0.2, 0) is 0 Å². The summed E-state index contributed by atoms with van der Waals surface area (Å²) in [6.45, 7) is 4.27. The van der Waals surface area contributed by atoms with E-state index in [1.165, 1.54) is 11.1 Å². The Hall–Kier alpha value is -0.600. The maximum absolute atomic E-state index is 9.15. The van der Waals surface area contributed by atoms with Crippen molar-refractivity contribution in [3.8, 4) is 0 Å². The van der Waals surface area contributed by atoms with E-state index in [0.29, 0.717) is 0 Å². The molecule has 1 aromatic carbocycles. The number of hydrogen-bond acceptors (Lipinski definition) is 1. The van der Waals surface area contributed by atoms with Crippen LogP contribution < -0.4 is 0 Å². The van der Waals surface area contributed by atoms with Crippen molar-refractivity contribution in [2.24, 2.45) is 0 Å². The molecule has 0 saturated carbocycles. The second-order valence-corrected chi connectivity index (χ2v) is 4.16. The molecule has 0 radical (unpaired) electrons. The van der Waals surface area contributed by atoms with Gasteiger partial charge >= 0.3 is 0 Å². The van der Waals surface area contributed by atoms with Gasteiger partial charge in [0, 0.05) is 4.47 Å². The van der Waals surface area contributed by atoms with Crippen molar-refractivity contribution in [1.29, 1.82) is 0 Å².